The molecular weight excluding hydrogens is 284 g/mol. The van der Waals surface area contributed by atoms with E-state index in [1.54, 1.807) is 6.92 Å². The molecule has 0 aliphatic rings. The number of amides is 1. The van der Waals surface area contributed by atoms with Crippen molar-refractivity contribution < 1.29 is 27.8 Å². The van der Waals surface area contributed by atoms with Crippen LogP contribution in [0.5, 0.6) is 5.75 Å². The van der Waals surface area contributed by atoms with Gasteiger partial charge in [-0.05, 0) is 31.2 Å². The van der Waals surface area contributed by atoms with Crippen LogP contribution in [-0.4, -0.2) is 43.6 Å². The van der Waals surface area contributed by atoms with Crippen molar-refractivity contribution in [2.24, 2.45) is 0 Å². The minimum Gasteiger partial charge on any atom is -0.469 e. The summed E-state index contributed by atoms with van der Waals surface area (Å²) in [5.74, 6) is -0.703. The fourth-order valence-corrected chi connectivity index (χ4v) is 1.69. The number of benzene rings is 1. The second kappa shape index (κ2) is 8.18. The molecule has 7 heteroatoms. The second-order valence-corrected chi connectivity index (χ2v) is 4.11. The molecule has 0 saturated carbocycles. The summed E-state index contributed by atoms with van der Waals surface area (Å²) in [6.45, 7) is -0.468. The van der Waals surface area contributed by atoms with Crippen molar-refractivity contribution >= 4 is 11.9 Å². The van der Waals surface area contributed by atoms with Crippen molar-refractivity contribution in [3.05, 3.63) is 29.8 Å². The van der Waals surface area contributed by atoms with Gasteiger partial charge in [0.1, 0.15) is 5.75 Å². The van der Waals surface area contributed by atoms with Gasteiger partial charge in [-0.15, -0.1) is 0 Å². The van der Waals surface area contributed by atoms with E-state index in [-0.39, 0.29) is 24.6 Å². The molecule has 21 heavy (non-hydrogen) atoms. The van der Waals surface area contributed by atoms with Crippen molar-refractivity contribution in [3.8, 4) is 5.75 Å². The van der Waals surface area contributed by atoms with E-state index >= 15 is 0 Å². The van der Waals surface area contributed by atoms with Crippen molar-refractivity contribution in [2.45, 2.75) is 20.0 Å². The van der Waals surface area contributed by atoms with Crippen LogP contribution < -0.4 is 4.74 Å². The van der Waals surface area contributed by atoms with E-state index in [0.29, 0.717) is 12.1 Å². The summed E-state index contributed by atoms with van der Waals surface area (Å²) >= 11 is 0. The van der Waals surface area contributed by atoms with Crippen LogP contribution in [0.1, 0.15) is 23.7 Å². The van der Waals surface area contributed by atoms with Crippen molar-refractivity contribution in [2.75, 3.05) is 20.2 Å². The minimum atomic E-state index is -2.90. The van der Waals surface area contributed by atoms with Gasteiger partial charge in [-0.1, -0.05) is 0 Å². The van der Waals surface area contributed by atoms with Crippen molar-refractivity contribution in [1.29, 1.82) is 0 Å². The summed E-state index contributed by atoms with van der Waals surface area (Å²) in [7, 11) is 1.28. The van der Waals surface area contributed by atoms with E-state index in [2.05, 4.69) is 9.47 Å². The van der Waals surface area contributed by atoms with E-state index in [1.165, 1.54) is 36.3 Å². The first kappa shape index (κ1) is 16.9. The topological polar surface area (TPSA) is 55.8 Å². The van der Waals surface area contributed by atoms with Crippen molar-refractivity contribution in [1.82, 2.24) is 4.90 Å². The van der Waals surface area contributed by atoms with Gasteiger partial charge in [0, 0.05) is 18.7 Å². The van der Waals surface area contributed by atoms with Gasteiger partial charge in [0.25, 0.3) is 5.91 Å². The summed E-state index contributed by atoms with van der Waals surface area (Å²) in [4.78, 5) is 24.8. The van der Waals surface area contributed by atoms with Gasteiger partial charge >= 0.3 is 12.6 Å². The molecule has 116 valence electrons. The number of esters is 1. The number of carbonyl (C=O) groups is 2. The van der Waals surface area contributed by atoms with Crippen LogP contribution in [0.15, 0.2) is 24.3 Å². The van der Waals surface area contributed by atoms with Crippen LogP contribution in [0.4, 0.5) is 8.78 Å². The third kappa shape index (κ3) is 5.37. The molecule has 0 N–H and O–H groups in total. The Bertz CT molecular complexity index is 476. The van der Waals surface area contributed by atoms with Crippen LogP contribution in [0, 0.1) is 0 Å². The SMILES string of the molecule is CCN(CCC(=O)OC)C(=O)c1ccc(OC(F)F)cc1. The van der Waals surface area contributed by atoms with Gasteiger partial charge in [0.2, 0.25) is 0 Å². The smallest absolute Gasteiger partial charge is 0.387 e. The molecule has 0 heterocycles. The second-order valence-electron chi connectivity index (χ2n) is 4.11. The number of hydrogen-bond acceptors (Lipinski definition) is 4. The maximum atomic E-state index is 12.2. The summed E-state index contributed by atoms with van der Waals surface area (Å²) in [5, 5.41) is 0. The Morgan fingerprint density at radius 1 is 1.24 bits per heavy atom. The first-order valence-electron chi connectivity index (χ1n) is 6.38. The zero-order valence-corrected chi connectivity index (χ0v) is 11.8. The number of carbonyl (C=O) groups excluding carboxylic acids is 2. The van der Waals surface area contributed by atoms with Gasteiger partial charge in [-0.2, -0.15) is 8.78 Å². The maximum absolute atomic E-state index is 12.2. The van der Waals surface area contributed by atoms with Crippen LogP contribution >= 0.6 is 0 Å². The maximum Gasteiger partial charge on any atom is 0.387 e. The molecule has 1 aromatic carbocycles. The Hall–Kier alpha value is -2.18. The number of hydrogen-bond donors (Lipinski definition) is 0. The average molecular weight is 301 g/mol. The van der Waals surface area contributed by atoms with Crippen LogP contribution in [0.2, 0.25) is 0 Å². The van der Waals surface area contributed by atoms with Gasteiger partial charge in [-0.25, -0.2) is 0 Å². The first-order valence-corrected chi connectivity index (χ1v) is 6.38. The highest BCUT2D eigenvalue weighted by Gasteiger charge is 2.16. The van der Waals surface area contributed by atoms with Crippen LogP contribution in [-0.2, 0) is 9.53 Å². The Labute approximate surface area is 121 Å². The lowest BCUT2D eigenvalue weighted by Gasteiger charge is -2.20. The number of methoxy groups -OCH3 is 1. The van der Waals surface area contributed by atoms with Gasteiger partial charge in [0.05, 0.1) is 13.5 Å². The molecule has 0 saturated heterocycles. The molecule has 0 aliphatic carbocycles. The van der Waals surface area contributed by atoms with Crippen molar-refractivity contribution in [3.63, 3.8) is 0 Å². The third-order valence-corrected chi connectivity index (χ3v) is 2.81. The van der Waals surface area contributed by atoms with E-state index < -0.39 is 12.6 Å². The fourth-order valence-electron chi connectivity index (χ4n) is 1.69. The van der Waals surface area contributed by atoms with Crippen LogP contribution in [0.3, 0.4) is 0 Å². The molecule has 0 atom stereocenters. The standard InChI is InChI=1S/C14H17F2NO4/c1-3-17(9-8-12(18)20-2)13(19)10-4-6-11(7-5-10)21-14(15)16/h4-7,14H,3,8-9H2,1-2H3. The lowest BCUT2D eigenvalue weighted by atomic mass is 10.2. The van der Waals surface area contributed by atoms with Gasteiger partial charge in [0.15, 0.2) is 0 Å². The largest absolute Gasteiger partial charge is 0.469 e. The zero-order valence-electron chi connectivity index (χ0n) is 11.8. The quantitative estimate of drug-likeness (QED) is 0.725. The van der Waals surface area contributed by atoms with E-state index in [4.69, 9.17) is 0 Å². The summed E-state index contributed by atoms with van der Waals surface area (Å²) in [5.41, 5.74) is 0.336. The summed E-state index contributed by atoms with van der Waals surface area (Å²) in [6, 6.07) is 5.41. The number of nitrogens with zero attached hydrogens (tertiary/aromatic N) is 1. The van der Waals surface area contributed by atoms with Gasteiger partial charge in [-0.3, -0.25) is 9.59 Å². The third-order valence-electron chi connectivity index (χ3n) is 2.81. The van der Waals surface area contributed by atoms with Crippen LogP contribution in [0.25, 0.3) is 0 Å². The van der Waals surface area contributed by atoms with Gasteiger partial charge < -0.3 is 14.4 Å². The molecule has 1 aromatic rings. The highest BCUT2D eigenvalue weighted by molar-refractivity contribution is 5.94. The lowest BCUT2D eigenvalue weighted by Crippen LogP contribution is -2.33. The summed E-state index contributed by atoms with van der Waals surface area (Å²) < 4.78 is 32.8. The number of rotatable bonds is 7. The predicted molar refractivity (Wildman–Crippen MR) is 71.3 cm³/mol. The average Bonchev–Trinajstić information content (AvgIpc) is 2.47. The minimum absolute atomic E-state index is 0.0147. The van der Waals surface area contributed by atoms with E-state index in [1.807, 2.05) is 0 Å². The fraction of sp³-hybridized carbons (Fsp3) is 0.429. The highest BCUT2D eigenvalue weighted by Crippen LogP contribution is 2.16. The Kier molecular flexibility index (Phi) is 6.58. The first-order chi connectivity index (χ1) is 9.97. The predicted octanol–water partition coefficient (Wildman–Crippen LogP) is 2.31. The zero-order chi connectivity index (χ0) is 15.8. The molecule has 0 aromatic heterocycles. The lowest BCUT2D eigenvalue weighted by molar-refractivity contribution is -0.140. The highest BCUT2D eigenvalue weighted by atomic mass is 19.3. The number of alkyl halides is 2. The Morgan fingerprint density at radius 2 is 1.86 bits per heavy atom. The normalized spacial score (nSPS) is 10.3. The molecule has 0 fully saturated rings. The number of ether oxygens (including phenoxy) is 2. The molecule has 0 unspecified atom stereocenters. The summed E-state index contributed by atoms with van der Waals surface area (Å²) in [6.07, 6.45) is 0.0999. The molecule has 0 spiro atoms. The Morgan fingerprint density at radius 3 is 2.33 bits per heavy atom. The monoisotopic (exact) mass is 301 g/mol. The van der Waals surface area contributed by atoms with E-state index in [0.717, 1.165) is 0 Å². The molecule has 1 amide bonds. The molecule has 1 rings (SSSR count). The molecule has 5 nitrogen and oxygen atoms in total. The van der Waals surface area contributed by atoms with E-state index in [9.17, 15) is 18.4 Å². The molecule has 0 aliphatic heterocycles. The molecule has 0 radical (unpaired) electrons. The Balaban J connectivity index is 2.69. The molecule has 0 bridgehead atoms. The number of halogens is 2. The molecular formula is C14H17F2NO4.